The summed E-state index contributed by atoms with van der Waals surface area (Å²) in [4.78, 5) is 12.5. The Balaban J connectivity index is 2.46. The SMILES string of the molecule is Cc1ccc(C(=O)c2cc(Cl)cc(CCO)c2N)cc1. The summed E-state index contributed by atoms with van der Waals surface area (Å²) in [5.41, 5.74) is 9.12. The number of benzene rings is 2. The van der Waals surface area contributed by atoms with Crippen LogP contribution in [0.3, 0.4) is 0 Å². The van der Waals surface area contributed by atoms with Crippen LogP contribution in [0, 0.1) is 6.92 Å². The third kappa shape index (κ3) is 3.00. The first-order valence-electron chi connectivity index (χ1n) is 6.33. The highest BCUT2D eigenvalue weighted by Gasteiger charge is 2.16. The van der Waals surface area contributed by atoms with E-state index < -0.39 is 0 Å². The normalized spacial score (nSPS) is 10.6. The average molecular weight is 290 g/mol. The lowest BCUT2D eigenvalue weighted by Gasteiger charge is -2.11. The minimum atomic E-state index is -0.163. The molecule has 0 amide bonds. The molecule has 0 radical (unpaired) electrons. The number of aliphatic hydroxyl groups is 1. The van der Waals surface area contributed by atoms with Crippen molar-refractivity contribution in [3.05, 3.63) is 63.7 Å². The largest absolute Gasteiger partial charge is 0.398 e. The number of hydrogen-bond donors (Lipinski definition) is 2. The van der Waals surface area contributed by atoms with Crippen LogP contribution in [0.15, 0.2) is 36.4 Å². The summed E-state index contributed by atoms with van der Waals surface area (Å²) in [6.45, 7) is 1.92. The number of ketones is 1. The van der Waals surface area contributed by atoms with Gasteiger partial charge in [0.25, 0.3) is 0 Å². The predicted molar refractivity (Wildman–Crippen MR) is 81.3 cm³/mol. The van der Waals surface area contributed by atoms with Gasteiger partial charge in [0.15, 0.2) is 5.78 Å². The van der Waals surface area contributed by atoms with Gasteiger partial charge in [-0.1, -0.05) is 41.4 Å². The lowest BCUT2D eigenvalue weighted by molar-refractivity contribution is 0.103. The summed E-state index contributed by atoms with van der Waals surface area (Å²) in [6.07, 6.45) is 0.376. The summed E-state index contributed by atoms with van der Waals surface area (Å²) in [5, 5.41) is 9.47. The van der Waals surface area contributed by atoms with Gasteiger partial charge < -0.3 is 10.8 Å². The number of aryl methyl sites for hydroxylation is 1. The summed E-state index contributed by atoms with van der Waals surface area (Å²) in [6, 6.07) is 10.5. The second-order valence-electron chi connectivity index (χ2n) is 4.69. The molecule has 0 saturated carbocycles. The zero-order valence-electron chi connectivity index (χ0n) is 11.2. The minimum absolute atomic E-state index is 0.0390. The first-order valence-corrected chi connectivity index (χ1v) is 6.71. The molecule has 0 aliphatic carbocycles. The van der Waals surface area contributed by atoms with Crippen LogP contribution in [0.5, 0.6) is 0 Å². The van der Waals surface area contributed by atoms with Crippen molar-refractivity contribution in [2.24, 2.45) is 0 Å². The number of hydrogen-bond acceptors (Lipinski definition) is 3. The van der Waals surface area contributed by atoms with Crippen molar-refractivity contribution in [1.29, 1.82) is 0 Å². The van der Waals surface area contributed by atoms with Crippen molar-refractivity contribution in [2.75, 3.05) is 12.3 Å². The van der Waals surface area contributed by atoms with Gasteiger partial charge in [-0.05, 0) is 31.0 Å². The van der Waals surface area contributed by atoms with E-state index in [4.69, 9.17) is 22.4 Å². The van der Waals surface area contributed by atoms with Crippen LogP contribution in [0.2, 0.25) is 5.02 Å². The number of carbonyl (C=O) groups excluding carboxylic acids is 1. The van der Waals surface area contributed by atoms with Crippen LogP contribution in [-0.2, 0) is 6.42 Å². The van der Waals surface area contributed by atoms with Crippen molar-refractivity contribution >= 4 is 23.1 Å². The number of nitrogen functional groups attached to an aromatic ring is 1. The lowest BCUT2D eigenvalue weighted by Crippen LogP contribution is -2.09. The fraction of sp³-hybridized carbons (Fsp3) is 0.188. The van der Waals surface area contributed by atoms with E-state index in [1.54, 1.807) is 24.3 Å². The second-order valence-corrected chi connectivity index (χ2v) is 5.13. The molecule has 0 atom stereocenters. The van der Waals surface area contributed by atoms with Crippen molar-refractivity contribution in [3.63, 3.8) is 0 Å². The Bertz CT molecular complexity index is 636. The first-order chi connectivity index (χ1) is 9.52. The number of aliphatic hydroxyl groups excluding tert-OH is 1. The van der Waals surface area contributed by atoms with Gasteiger partial charge in [0.1, 0.15) is 0 Å². The van der Waals surface area contributed by atoms with Crippen LogP contribution in [0.1, 0.15) is 27.0 Å². The second kappa shape index (κ2) is 6.07. The number of nitrogens with two attached hydrogens (primary N) is 1. The Kier molecular flexibility index (Phi) is 4.42. The monoisotopic (exact) mass is 289 g/mol. The van der Waals surface area contributed by atoms with Gasteiger partial charge in [0.2, 0.25) is 0 Å². The Labute approximate surface area is 123 Å². The van der Waals surface area contributed by atoms with Gasteiger partial charge in [-0.15, -0.1) is 0 Å². The van der Waals surface area contributed by atoms with Gasteiger partial charge >= 0.3 is 0 Å². The third-order valence-electron chi connectivity index (χ3n) is 3.17. The van der Waals surface area contributed by atoms with Crippen molar-refractivity contribution < 1.29 is 9.90 Å². The standard InChI is InChI=1S/C16H16ClNO2/c1-10-2-4-11(5-3-10)16(20)14-9-13(17)8-12(6-7-19)15(14)18/h2-5,8-9,19H,6-7,18H2,1H3. The number of rotatable bonds is 4. The van der Waals surface area contributed by atoms with Crippen molar-refractivity contribution in [1.82, 2.24) is 0 Å². The molecule has 0 spiro atoms. The number of carbonyl (C=O) groups is 1. The minimum Gasteiger partial charge on any atom is -0.398 e. The van der Waals surface area contributed by atoms with Gasteiger partial charge in [-0.2, -0.15) is 0 Å². The van der Waals surface area contributed by atoms with Crippen molar-refractivity contribution in [3.8, 4) is 0 Å². The van der Waals surface area contributed by atoms with E-state index in [9.17, 15) is 4.79 Å². The maximum atomic E-state index is 12.5. The molecule has 0 fully saturated rings. The number of anilines is 1. The zero-order valence-corrected chi connectivity index (χ0v) is 11.9. The van der Waals surface area contributed by atoms with Crippen LogP contribution in [0.25, 0.3) is 0 Å². The van der Waals surface area contributed by atoms with Gasteiger partial charge in [0, 0.05) is 28.4 Å². The molecule has 2 aromatic rings. The van der Waals surface area contributed by atoms with E-state index in [-0.39, 0.29) is 12.4 Å². The van der Waals surface area contributed by atoms with Gasteiger partial charge in [-0.25, -0.2) is 0 Å². The van der Waals surface area contributed by atoms with E-state index in [1.165, 1.54) is 0 Å². The maximum Gasteiger partial charge on any atom is 0.195 e. The fourth-order valence-electron chi connectivity index (χ4n) is 2.05. The highest BCUT2D eigenvalue weighted by atomic mass is 35.5. The summed E-state index contributed by atoms with van der Waals surface area (Å²) in [5.74, 6) is -0.163. The molecule has 0 aromatic heterocycles. The maximum absolute atomic E-state index is 12.5. The highest BCUT2D eigenvalue weighted by molar-refractivity contribution is 6.31. The Hall–Kier alpha value is -1.84. The molecule has 0 heterocycles. The average Bonchev–Trinajstić information content (AvgIpc) is 2.43. The molecule has 2 rings (SSSR count). The quantitative estimate of drug-likeness (QED) is 0.672. The molecule has 0 aliphatic rings. The van der Waals surface area contributed by atoms with Crippen molar-refractivity contribution in [2.45, 2.75) is 13.3 Å². The Morgan fingerprint density at radius 1 is 1.25 bits per heavy atom. The van der Waals surface area contributed by atoms with E-state index in [0.717, 1.165) is 5.56 Å². The van der Waals surface area contributed by atoms with Gasteiger partial charge in [-0.3, -0.25) is 4.79 Å². The Morgan fingerprint density at radius 3 is 2.50 bits per heavy atom. The molecular formula is C16H16ClNO2. The first kappa shape index (κ1) is 14.6. The molecule has 0 aliphatic heterocycles. The Morgan fingerprint density at radius 2 is 1.90 bits per heavy atom. The molecule has 0 saturated heterocycles. The van der Waals surface area contributed by atoms with E-state index in [0.29, 0.717) is 33.8 Å². The molecular weight excluding hydrogens is 274 g/mol. The van der Waals surface area contributed by atoms with Crippen LogP contribution >= 0.6 is 11.6 Å². The highest BCUT2D eigenvalue weighted by Crippen LogP contribution is 2.26. The van der Waals surface area contributed by atoms with Crippen LogP contribution in [0.4, 0.5) is 5.69 Å². The number of halogens is 1. The van der Waals surface area contributed by atoms with Crippen LogP contribution < -0.4 is 5.73 Å². The summed E-state index contributed by atoms with van der Waals surface area (Å²) < 4.78 is 0. The summed E-state index contributed by atoms with van der Waals surface area (Å²) >= 11 is 6.03. The molecule has 104 valence electrons. The van der Waals surface area contributed by atoms with E-state index in [1.807, 2.05) is 19.1 Å². The van der Waals surface area contributed by atoms with Crippen LogP contribution in [-0.4, -0.2) is 17.5 Å². The zero-order chi connectivity index (χ0) is 14.7. The molecule has 2 aromatic carbocycles. The fourth-order valence-corrected chi connectivity index (χ4v) is 2.29. The van der Waals surface area contributed by atoms with Gasteiger partial charge in [0.05, 0.1) is 0 Å². The lowest BCUT2D eigenvalue weighted by atomic mass is 9.97. The smallest absolute Gasteiger partial charge is 0.195 e. The molecule has 0 unspecified atom stereocenters. The van der Waals surface area contributed by atoms with E-state index in [2.05, 4.69) is 0 Å². The molecule has 20 heavy (non-hydrogen) atoms. The third-order valence-corrected chi connectivity index (χ3v) is 3.39. The molecule has 0 bridgehead atoms. The predicted octanol–water partition coefficient (Wildman–Crippen LogP) is 3.00. The summed E-state index contributed by atoms with van der Waals surface area (Å²) in [7, 11) is 0. The topological polar surface area (TPSA) is 63.3 Å². The van der Waals surface area contributed by atoms with E-state index >= 15 is 0 Å². The molecule has 4 heteroatoms. The molecule has 3 nitrogen and oxygen atoms in total. The molecule has 3 N–H and O–H groups in total.